The van der Waals surface area contributed by atoms with Crippen LogP contribution in [-0.4, -0.2) is 35.6 Å². The zero-order valence-electron chi connectivity index (χ0n) is 15.2. The summed E-state index contributed by atoms with van der Waals surface area (Å²) in [6, 6.07) is 12.8. The number of ether oxygens (including phenoxy) is 1. The van der Waals surface area contributed by atoms with Crippen molar-refractivity contribution in [1.82, 2.24) is 4.90 Å². The van der Waals surface area contributed by atoms with Crippen molar-refractivity contribution in [2.24, 2.45) is 0 Å². The summed E-state index contributed by atoms with van der Waals surface area (Å²) < 4.78 is 6.11. The highest BCUT2D eigenvalue weighted by atomic mass is 127. The van der Waals surface area contributed by atoms with Crippen LogP contribution in [0.5, 0.6) is 5.75 Å². The second-order valence-electron chi connectivity index (χ2n) is 6.02. The SMILES string of the molecule is COc1ccc(/C=C2\SC(=O)N(CC(=O)Nc3ccccc3C)C2=O)cc1I. The summed E-state index contributed by atoms with van der Waals surface area (Å²) in [5, 5.41) is 2.28. The highest BCUT2D eigenvalue weighted by Gasteiger charge is 2.36. The first-order chi connectivity index (χ1) is 13.4. The van der Waals surface area contributed by atoms with Crippen molar-refractivity contribution in [3.63, 3.8) is 0 Å². The fraction of sp³-hybridized carbons (Fsp3) is 0.150. The van der Waals surface area contributed by atoms with Crippen LogP contribution in [0.4, 0.5) is 10.5 Å². The summed E-state index contributed by atoms with van der Waals surface area (Å²) in [5.74, 6) is -0.156. The van der Waals surface area contributed by atoms with Gasteiger partial charge in [-0.1, -0.05) is 24.3 Å². The Bertz CT molecular complexity index is 990. The summed E-state index contributed by atoms with van der Waals surface area (Å²) in [5.41, 5.74) is 2.34. The number of hydrogen-bond donors (Lipinski definition) is 1. The fourth-order valence-electron chi connectivity index (χ4n) is 2.61. The van der Waals surface area contributed by atoms with Crippen LogP contribution in [0.1, 0.15) is 11.1 Å². The molecule has 1 aliphatic heterocycles. The Kier molecular flexibility index (Phi) is 6.40. The number of rotatable bonds is 5. The first-order valence-corrected chi connectivity index (χ1v) is 10.2. The topological polar surface area (TPSA) is 75.7 Å². The van der Waals surface area contributed by atoms with Gasteiger partial charge in [0.05, 0.1) is 15.6 Å². The van der Waals surface area contributed by atoms with E-state index in [2.05, 4.69) is 27.9 Å². The molecule has 144 valence electrons. The van der Waals surface area contributed by atoms with Gasteiger partial charge < -0.3 is 10.1 Å². The van der Waals surface area contributed by atoms with E-state index in [1.54, 1.807) is 31.4 Å². The molecule has 0 aliphatic carbocycles. The van der Waals surface area contributed by atoms with Crippen molar-refractivity contribution < 1.29 is 19.1 Å². The molecule has 8 heteroatoms. The van der Waals surface area contributed by atoms with Gasteiger partial charge in [0.25, 0.3) is 11.1 Å². The molecule has 3 amide bonds. The van der Waals surface area contributed by atoms with Crippen LogP contribution in [0.25, 0.3) is 6.08 Å². The van der Waals surface area contributed by atoms with E-state index in [1.807, 2.05) is 31.2 Å². The van der Waals surface area contributed by atoms with E-state index >= 15 is 0 Å². The lowest BCUT2D eigenvalue weighted by Gasteiger charge is -2.13. The van der Waals surface area contributed by atoms with Crippen molar-refractivity contribution in [2.45, 2.75) is 6.92 Å². The normalized spacial score (nSPS) is 15.2. The van der Waals surface area contributed by atoms with E-state index < -0.39 is 17.1 Å². The van der Waals surface area contributed by atoms with Gasteiger partial charge in [0.2, 0.25) is 5.91 Å². The highest BCUT2D eigenvalue weighted by Crippen LogP contribution is 2.33. The molecule has 0 spiro atoms. The smallest absolute Gasteiger partial charge is 0.294 e. The van der Waals surface area contributed by atoms with Crippen LogP contribution in [0.3, 0.4) is 0 Å². The number of nitrogens with one attached hydrogen (secondary N) is 1. The van der Waals surface area contributed by atoms with Crippen molar-refractivity contribution in [2.75, 3.05) is 19.0 Å². The molecule has 1 heterocycles. The third kappa shape index (κ3) is 4.56. The van der Waals surface area contributed by atoms with Crippen LogP contribution in [-0.2, 0) is 9.59 Å². The zero-order chi connectivity index (χ0) is 20.3. The van der Waals surface area contributed by atoms with Gasteiger partial charge in [0.1, 0.15) is 12.3 Å². The van der Waals surface area contributed by atoms with Crippen LogP contribution < -0.4 is 10.1 Å². The lowest BCUT2D eigenvalue weighted by Crippen LogP contribution is -2.36. The minimum absolute atomic E-state index is 0.287. The second kappa shape index (κ2) is 8.78. The van der Waals surface area contributed by atoms with E-state index in [0.717, 1.165) is 37.1 Å². The van der Waals surface area contributed by atoms with Crippen molar-refractivity contribution >= 4 is 63.2 Å². The molecule has 1 saturated heterocycles. The Morgan fingerprint density at radius 2 is 2.00 bits per heavy atom. The Morgan fingerprint density at radius 3 is 2.68 bits per heavy atom. The standard InChI is InChI=1S/C20H17IN2O4S/c1-12-5-3-4-6-15(12)22-18(24)11-23-19(25)17(28-20(23)26)10-13-7-8-16(27-2)14(21)9-13/h3-10H,11H2,1-2H3,(H,22,24)/b17-10-. The molecular formula is C20H17IN2O4S. The quantitative estimate of drug-likeness (QED) is 0.482. The molecule has 0 saturated carbocycles. The highest BCUT2D eigenvalue weighted by molar-refractivity contribution is 14.1. The fourth-order valence-corrected chi connectivity index (χ4v) is 4.20. The molecule has 0 atom stereocenters. The Hall–Kier alpha value is -2.33. The third-order valence-electron chi connectivity index (χ3n) is 4.07. The lowest BCUT2D eigenvalue weighted by molar-refractivity contribution is -0.127. The minimum atomic E-state index is -0.472. The number of aryl methyl sites for hydroxylation is 1. The van der Waals surface area contributed by atoms with Gasteiger partial charge in [-0.25, -0.2) is 0 Å². The lowest BCUT2D eigenvalue weighted by atomic mass is 10.2. The summed E-state index contributed by atoms with van der Waals surface area (Å²) in [6.07, 6.45) is 1.64. The average molecular weight is 508 g/mol. The van der Waals surface area contributed by atoms with Gasteiger partial charge in [0, 0.05) is 5.69 Å². The van der Waals surface area contributed by atoms with Crippen LogP contribution >= 0.6 is 34.4 Å². The van der Waals surface area contributed by atoms with Crippen LogP contribution in [0.2, 0.25) is 0 Å². The summed E-state index contributed by atoms with van der Waals surface area (Å²) in [4.78, 5) is 38.4. The van der Waals surface area contributed by atoms with Crippen molar-refractivity contribution in [1.29, 1.82) is 0 Å². The number of carbonyl (C=O) groups is 3. The molecule has 2 aromatic carbocycles. The summed E-state index contributed by atoms with van der Waals surface area (Å²) >= 11 is 2.97. The number of para-hydroxylation sites is 1. The number of carbonyl (C=O) groups excluding carboxylic acids is 3. The number of hydrogen-bond acceptors (Lipinski definition) is 5. The number of methoxy groups -OCH3 is 1. The maximum atomic E-state index is 12.6. The van der Waals surface area contributed by atoms with E-state index in [9.17, 15) is 14.4 Å². The van der Waals surface area contributed by atoms with Gasteiger partial charge in [-0.3, -0.25) is 19.3 Å². The predicted molar refractivity (Wildman–Crippen MR) is 118 cm³/mol. The van der Waals surface area contributed by atoms with Gasteiger partial charge >= 0.3 is 0 Å². The maximum absolute atomic E-state index is 12.6. The van der Waals surface area contributed by atoms with Crippen LogP contribution in [0.15, 0.2) is 47.4 Å². The molecule has 0 unspecified atom stereocenters. The Morgan fingerprint density at radius 1 is 1.25 bits per heavy atom. The van der Waals surface area contributed by atoms with Gasteiger partial charge in [-0.15, -0.1) is 0 Å². The average Bonchev–Trinajstić information content (AvgIpc) is 2.91. The first kappa shape index (κ1) is 20.4. The molecular weight excluding hydrogens is 491 g/mol. The monoisotopic (exact) mass is 508 g/mol. The molecule has 2 aromatic rings. The van der Waals surface area contributed by atoms with E-state index in [1.165, 1.54) is 0 Å². The second-order valence-corrected chi connectivity index (χ2v) is 8.18. The van der Waals surface area contributed by atoms with E-state index in [0.29, 0.717) is 5.69 Å². The Balaban J connectivity index is 1.72. The van der Waals surface area contributed by atoms with Crippen molar-refractivity contribution in [3.8, 4) is 5.75 Å². The van der Waals surface area contributed by atoms with Gasteiger partial charge in [-0.2, -0.15) is 0 Å². The van der Waals surface area contributed by atoms with E-state index in [-0.39, 0.29) is 11.4 Å². The molecule has 0 bridgehead atoms. The Labute approximate surface area is 180 Å². The number of amides is 3. The predicted octanol–water partition coefficient (Wildman–Crippen LogP) is 4.28. The molecule has 6 nitrogen and oxygen atoms in total. The van der Waals surface area contributed by atoms with Crippen LogP contribution in [0, 0.1) is 10.5 Å². The molecule has 28 heavy (non-hydrogen) atoms. The molecule has 0 aromatic heterocycles. The molecule has 3 rings (SSSR count). The van der Waals surface area contributed by atoms with Gasteiger partial charge in [-0.05, 0) is 76.7 Å². The van der Waals surface area contributed by atoms with E-state index in [4.69, 9.17) is 4.74 Å². The molecule has 1 N–H and O–H groups in total. The van der Waals surface area contributed by atoms with Gasteiger partial charge in [0.15, 0.2) is 0 Å². The number of nitrogens with zero attached hydrogens (tertiary/aromatic N) is 1. The number of benzene rings is 2. The first-order valence-electron chi connectivity index (χ1n) is 8.33. The molecule has 1 fully saturated rings. The maximum Gasteiger partial charge on any atom is 0.294 e. The zero-order valence-corrected chi connectivity index (χ0v) is 18.2. The third-order valence-corrected chi connectivity index (χ3v) is 5.82. The minimum Gasteiger partial charge on any atom is -0.496 e. The number of halogens is 1. The number of thioether (sulfide) groups is 1. The summed E-state index contributed by atoms with van der Waals surface area (Å²) in [6.45, 7) is 1.55. The summed E-state index contributed by atoms with van der Waals surface area (Å²) in [7, 11) is 1.59. The largest absolute Gasteiger partial charge is 0.496 e. The number of anilines is 1. The molecule has 1 aliphatic rings. The number of imide groups is 1. The van der Waals surface area contributed by atoms with Crippen molar-refractivity contribution in [3.05, 3.63) is 62.1 Å². The molecule has 0 radical (unpaired) electrons.